The van der Waals surface area contributed by atoms with Gasteiger partial charge in [-0.05, 0) is 41.2 Å². The number of anilines is 1. The van der Waals surface area contributed by atoms with Gasteiger partial charge in [0, 0.05) is 24.8 Å². The zero-order valence-electron chi connectivity index (χ0n) is 11.0. The van der Waals surface area contributed by atoms with Gasteiger partial charge in [-0.1, -0.05) is 36.4 Å². The quantitative estimate of drug-likeness (QED) is 0.728. The van der Waals surface area contributed by atoms with Crippen molar-refractivity contribution in [1.82, 2.24) is 4.90 Å². The Morgan fingerprint density at radius 2 is 1.74 bits per heavy atom. The van der Waals surface area contributed by atoms with Crippen LogP contribution in [-0.4, -0.2) is 11.4 Å². The minimum atomic E-state index is 0.472. The summed E-state index contributed by atoms with van der Waals surface area (Å²) in [7, 11) is 0. The molecule has 2 aliphatic rings. The summed E-state index contributed by atoms with van der Waals surface area (Å²) >= 11 is 0. The van der Waals surface area contributed by atoms with Crippen molar-refractivity contribution in [3.05, 3.63) is 64.7 Å². The van der Waals surface area contributed by atoms with Crippen LogP contribution in [0, 0.1) is 0 Å². The Morgan fingerprint density at radius 3 is 2.63 bits per heavy atom. The first-order chi connectivity index (χ1) is 9.33. The second-order valence-electron chi connectivity index (χ2n) is 5.63. The Labute approximate surface area is 113 Å². The summed E-state index contributed by atoms with van der Waals surface area (Å²) in [6, 6.07) is 15.7. The van der Waals surface area contributed by atoms with E-state index in [2.05, 4.69) is 41.3 Å². The fourth-order valence-corrected chi connectivity index (χ4v) is 3.62. The minimum Gasteiger partial charge on any atom is -0.398 e. The van der Waals surface area contributed by atoms with Gasteiger partial charge < -0.3 is 5.73 Å². The maximum atomic E-state index is 6.24. The van der Waals surface area contributed by atoms with Gasteiger partial charge >= 0.3 is 0 Å². The van der Waals surface area contributed by atoms with E-state index in [4.69, 9.17) is 5.73 Å². The van der Waals surface area contributed by atoms with E-state index >= 15 is 0 Å². The van der Waals surface area contributed by atoms with Crippen molar-refractivity contribution in [3.63, 3.8) is 0 Å². The highest BCUT2D eigenvalue weighted by Crippen LogP contribution is 2.40. The van der Waals surface area contributed by atoms with E-state index in [-0.39, 0.29) is 0 Å². The van der Waals surface area contributed by atoms with Crippen LogP contribution in [0.1, 0.15) is 28.3 Å². The summed E-state index contributed by atoms with van der Waals surface area (Å²) in [5.74, 6) is 0. The molecule has 0 radical (unpaired) electrons. The third-order valence-corrected chi connectivity index (χ3v) is 4.58. The van der Waals surface area contributed by atoms with E-state index in [1.807, 2.05) is 6.07 Å². The van der Waals surface area contributed by atoms with Crippen LogP contribution in [0.2, 0.25) is 0 Å². The molecule has 0 unspecified atom stereocenters. The SMILES string of the molecule is Nc1cccc2c1[C@H]1Cc3ccccc3CN1CC2. The van der Waals surface area contributed by atoms with Gasteiger partial charge in [0.15, 0.2) is 0 Å². The molecule has 19 heavy (non-hydrogen) atoms. The molecule has 0 amide bonds. The molecule has 2 aliphatic heterocycles. The highest BCUT2D eigenvalue weighted by molar-refractivity contribution is 5.55. The first kappa shape index (κ1) is 11.1. The molecule has 2 aromatic rings. The normalized spacial score (nSPS) is 21.4. The fourth-order valence-electron chi connectivity index (χ4n) is 3.62. The molecule has 2 N–H and O–H groups in total. The van der Waals surface area contributed by atoms with Gasteiger partial charge in [-0.3, -0.25) is 4.90 Å². The molecular formula is C17H18N2. The van der Waals surface area contributed by atoms with Crippen LogP contribution in [0.4, 0.5) is 5.69 Å². The average molecular weight is 250 g/mol. The average Bonchev–Trinajstić information content (AvgIpc) is 2.45. The first-order valence-corrected chi connectivity index (χ1v) is 7.01. The van der Waals surface area contributed by atoms with Crippen molar-refractivity contribution in [2.24, 2.45) is 0 Å². The summed E-state index contributed by atoms with van der Waals surface area (Å²) < 4.78 is 0. The molecule has 2 heterocycles. The molecule has 0 saturated heterocycles. The van der Waals surface area contributed by atoms with E-state index in [1.54, 1.807) is 0 Å². The summed E-state index contributed by atoms with van der Waals surface area (Å²) in [5, 5.41) is 0. The topological polar surface area (TPSA) is 29.3 Å². The molecule has 2 nitrogen and oxygen atoms in total. The number of fused-ring (bicyclic) bond motifs is 4. The minimum absolute atomic E-state index is 0.472. The Hall–Kier alpha value is -1.80. The molecule has 0 aliphatic carbocycles. The molecule has 1 atom stereocenters. The Morgan fingerprint density at radius 1 is 0.947 bits per heavy atom. The molecular weight excluding hydrogens is 232 g/mol. The van der Waals surface area contributed by atoms with Gasteiger partial charge in [0.2, 0.25) is 0 Å². The Kier molecular flexibility index (Phi) is 2.39. The van der Waals surface area contributed by atoms with Crippen LogP contribution in [0.25, 0.3) is 0 Å². The predicted molar refractivity (Wildman–Crippen MR) is 77.9 cm³/mol. The second kappa shape index (κ2) is 4.10. The number of benzene rings is 2. The van der Waals surface area contributed by atoms with Crippen molar-refractivity contribution in [3.8, 4) is 0 Å². The van der Waals surface area contributed by atoms with Crippen molar-refractivity contribution >= 4 is 5.69 Å². The maximum absolute atomic E-state index is 6.24. The summed E-state index contributed by atoms with van der Waals surface area (Å²) in [4.78, 5) is 2.58. The van der Waals surface area contributed by atoms with Crippen LogP contribution in [0.3, 0.4) is 0 Å². The van der Waals surface area contributed by atoms with Crippen molar-refractivity contribution in [1.29, 1.82) is 0 Å². The molecule has 0 aromatic heterocycles. The molecule has 0 spiro atoms. The smallest absolute Gasteiger partial charge is 0.0415 e. The lowest BCUT2D eigenvalue weighted by Crippen LogP contribution is -2.39. The number of rotatable bonds is 0. The standard InChI is InChI=1S/C17H18N2/c18-15-7-3-6-12-8-9-19-11-14-5-2-1-4-13(14)10-16(19)17(12)15/h1-7,16H,8-11,18H2/t16-/m1/s1. The molecule has 0 fully saturated rings. The molecule has 2 heteroatoms. The highest BCUT2D eigenvalue weighted by atomic mass is 15.2. The lowest BCUT2D eigenvalue weighted by Gasteiger charge is -2.42. The van der Waals surface area contributed by atoms with Crippen LogP contribution in [-0.2, 0) is 19.4 Å². The molecule has 0 bridgehead atoms. The molecule has 2 aromatic carbocycles. The van der Waals surface area contributed by atoms with Gasteiger partial charge in [-0.2, -0.15) is 0 Å². The van der Waals surface area contributed by atoms with E-state index in [0.717, 1.165) is 31.6 Å². The zero-order valence-corrected chi connectivity index (χ0v) is 11.0. The van der Waals surface area contributed by atoms with E-state index in [0.29, 0.717) is 6.04 Å². The second-order valence-corrected chi connectivity index (χ2v) is 5.63. The van der Waals surface area contributed by atoms with Crippen molar-refractivity contribution in [2.75, 3.05) is 12.3 Å². The highest BCUT2D eigenvalue weighted by Gasteiger charge is 2.32. The van der Waals surface area contributed by atoms with Crippen LogP contribution in [0.5, 0.6) is 0 Å². The number of hydrogen-bond donors (Lipinski definition) is 1. The molecule has 4 rings (SSSR count). The van der Waals surface area contributed by atoms with Gasteiger partial charge in [-0.25, -0.2) is 0 Å². The van der Waals surface area contributed by atoms with Gasteiger partial charge in [-0.15, -0.1) is 0 Å². The predicted octanol–water partition coefficient (Wildman–Crippen LogP) is 2.92. The van der Waals surface area contributed by atoms with Crippen LogP contribution < -0.4 is 5.73 Å². The number of nitrogens with two attached hydrogens (primary N) is 1. The number of hydrogen-bond acceptors (Lipinski definition) is 2. The Balaban J connectivity index is 1.82. The zero-order chi connectivity index (χ0) is 12.8. The summed E-state index contributed by atoms with van der Waals surface area (Å²) in [6.07, 6.45) is 2.22. The maximum Gasteiger partial charge on any atom is 0.0415 e. The van der Waals surface area contributed by atoms with Crippen molar-refractivity contribution in [2.45, 2.75) is 25.4 Å². The first-order valence-electron chi connectivity index (χ1n) is 7.01. The van der Waals surface area contributed by atoms with Gasteiger partial charge in [0.1, 0.15) is 0 Å². The van der Waals surface area contributed by atoms with Crippen LogP contribution >= 0.6 is 0 Å². The fraction of sp³-hybridized carbons (Fsp3) is 0.294. The van der Waals surface area contributed by atoms with Crippen molar-refractivity contribution < 1.29 is 0 Å². The lowest BCUT2D eigenvalue weighted by atomic mass is 9.83. The van der Waals surface area contributed by atoms with Gasteiger partial charge in [0.25, 0.3) is 0 Å². The summed E-state index contributed by atoms with van der Waals surface area (Å²) in [6.45, 7) is 2.21. The number of nitrogen functional groups attached to an aromatic ring is 1. The molecule has 96 valence electrons. The summed E-state index contributed by atoms with van der Waals surface area (Å²) in [5.41, 5.74) is 13.0. The molecule has 0 saturated carbocycles. The van der Waals surface area contributed by atoms with Crippen LogP contribution in [0.15, 0.2) is 42.5 Å². The van der Waals surface area contributed by atoms with Gasteiger partial charge in [0.05, 0.1) is 0 Å². The number of nitrogens with zero attached hydrogens (tertiary/aromatic N) is 1. The third kappa shape index (κ3) is 1.67. The lowest BCUT2D eigenvalue weighted by molar-refractivity contribution is 0.161. The van der Waals surface area contributed by atoms with E-state index < -0.39 is 0 Å². The van der Waals surface area contributed by atoms with E-state index in [9.17, 15) is 0 Å². The Bertz CT molecular complexity index is 633. The largest absolute Gasteiger partial charge is 0.398 e. The third-order valence-electron chi connectivity index (χ3n) is 4.58. The van der Waals surface area contributed by atoms with E-state index in [1.165, 1.54) is 22.3 Å². The monoisotopic (exact) mass is 250 g/mol.